The molecule has 0 saturated heterocycles. The molecule has 0 aromatic heterocycles. The molecule has 0 aliphatic heterocycles. The van der Waals surface area contributed by atoms with Gasteiger partial charge in [0.2, 0.25) is 0 Å². The average molecular weight is 431 g/mol. The third-order valence-electron chi connectivity index (χ3n) is 3.82. The summed E-state index contributed by atoms with van der Waals surface area (Å²) in [4.78, 5) is 0.177. The highest BCUT2D eigenvalue weighted by molar-refractivity contribution is 8.03. The second-order valence-electron chi connectivity index (χ2n) is 5.86. The lowest BCUT2D eigenvalue weighted by Crippen LogP contribution is -2.16. The first kappa shape index (κ1) is 21.2. The first-order chi connectivity index (χ1) is 14.2. The van der Waals surface area contributed by atoms with Crippen molar-refractivity contribution >= 4 is 11.8 Å². The molecule has 3 aromatic rings. The highest BCUT2D eigenvalue weighted by Crippen LogP contribution is 2.28. The Bertz CT molecular complexity index is 1170. The summed E-state index contributed by atoms with van der Waals surface area (Å²) in [6.07, 6.45) is -4.78. The van der Waals surface area contributed by atoms with Gasteiger partial charge >= 0.3 is 6.36 Å². The van der Waals surface area contributed by atoms with Gasteiger partial charge in [0.25, 0.3) is 0 Å². The van der Waals surface area contributed by atoms with E-state index in [1.54, 1.807) is 17.5 Å². The van der Waals surface area contributed by atoms with Gasteiger partial charge in [-0.2, -0.15) is 5.26 Å². The van der Waals surface area contributed by atoms with Crippen molar-refractivity contribution in [1.29, 1.82) is 5.26 Å². The fraction of sp³-hybridized carbons (Fsp3) is 0.0455. The Morgan fingerprint density at radius 2 is 1.43 bits per heavy atom. The molecular weight excluding hydrogens is 421 g/mol. The van der Waals surface area contributed by atoms with E-state index in [4.69, 9.17) is 5.26 Å². The van der Waals surface area contributed by atoms with Crippen LogP contribution in [0.1, 0.15) is 11.1 Å². The van der Waals surface area contributed by atoms with Crippen LogP contribution in [0, 0.1) is 34.1 Å². The number of ether oxygens (including phenoxy) is 1. The predicted octanol–water partition coefficient (Wildman–Crippen LogP) is 6.50. The predicted molar refractivity (Wildman–Crippen MR) is 102 cm³/mol. The first-order valence-corrected chi connectivity index (χ1v) is 9.10. The van der Waals surface area contributed by atoms with Gasteiger partial charge < -0.3 is 4.74 Å². The maximum atomic E-state index is 14.4. The van der Waals surface area contributed by atoms with Crippen LogP contribution in [0.4, 0.5) is 22.0 Å². The van der Waals surface area contributed by atoms with Gasteiger partial charge in [-0.1, -0.05) is 24.0 Å². The van der Waals surface area contributed by atoms with Gasteiger partial charge in [0.1, 0.15) is 22.8 Å². The van der Waals surface area contributed by atoms with Gasteiger partial charge in [0.05, 0.1) is 10.5 Å². The molecule has 150 valence electrons. The number of hydrogen-bond donors (Lipinski definition) is 0. The molecule has 0 aliphatic carbocycles. The van der Waals surface area contributed by atoms with Crippen LogP contribution >= 0.6 is 11.8 Å². The van der Waals surface area contributed by atoms with Gasteiger partial charge in [0.15, 0.2) is 0 Å². The highest BCUT2D eigenvalue weighted by Gasteiger charge is 2.30. The minimum atomic E-state index is -4.78. The van der Waals surface area contributed by atoms with Crippen molar-refractivity contribution in [1.82, 2.24) is 0 Å². The zero-order chi connectivity index (χ0) is 21.7. The van der Waals surface area contributed by atoms with Crippen LogP contribution in [0.2, 0.25) is 0 Å². The van der Waals surface area contributed by atoms with E-state index in [0.717, 1.165) is 12.1 Å². The number of thioether (sulfide) groups is 1. The lowest BCUT2D eigenvalue weighted by atomic mass is 10.0. The topological polar surface area (TPSA) is 33.0 Å². The van der Waals surface area contributed by atoms with E-state index < -0.39 is 18.0 Å². The van der Waals surface area contributed by atoms with Gasteiger partial charge in [-0.3, -0.25) is 0 Å². The normalized spacial score (nSPS) is 10.7. The molecule has 0 bridgehead atoms. The quantitative estimate of drug-likeness (QED) is 0.205. The van der Waals surface area contributed by atoms with Crippen LogP contribution in [0.5, 0.6) is 5.75 Å². The van der Waals surface area contributed by atoms with Crippen molar-refractivity contribution in [2.45, 2.75) is 11.3 Å². The number of hydrogen-bond acceptors (Lipinski definition) is 3. The Morgan fingerprint density at radius 1 is 0.800 bits per heavy atom. The second kappa shape index (κ2) is 8.89. The molecule has 0 radical (unpaired) electrons. The lowest BCUT2D eigenvalue weighted by Gasteiger charge is -2.08. The molecule has 0 unspecified atom stereocenters. The van der Waals surface area contributed by atoms with E-state index in [9.17, 15) is 22.0 Å². The summed E-state index contributed by atoms with van der Waals surface area (Å²) in [6.45, 7) is 0. The maximum Gasteiger partial charge on any atom is 0.573 e. The van der Waals surface area contributed by atoms with Crippen LogP contribution < -0.4 is 4.74 Å². The molecule has 0 heterocycles. The van der Waals surface area contributed by atoms with E-state index in [-0.39, 0.29) is 16.2 Å². The Balaban J connectivity index is 1.79. The summed E-state index contributed by atoms with van der Waals surface area (Å²) in [5, 5.41) is 10.4. The molecule has 0 spiro atoms. The molecular formula is C22H10F5NOS. The molecule has 0 saturated carbocycles. The van der Waals surface area contributed by atoms with E-state index in [1.807, 2.05) is 0 Å². The summed E-state index contributed by atoms with van der Waals surface area (Å²) in [5.74, 6) is 3.68. The molecule has 0 atom stereocenters. The van der Waals surface area contributed by atoms with Gasteiger partial charge in [-0.15, -0.1) is 13.2 Å². The number of nitriles is 1. The van der Waals surface area contributed by atoms with Crippen molar-refractivity contribution in [2.24, 2.45) is 0 Å². The molecule has 0 N–H and O–H groups in total. The number of rotatable bonds is 3. The summed E-state index contributed by atoms with van der Waals surface area (Å²) in [6, 6.07) is 13.3. The monoisotopic (exact) mass is 431 g/mol. The minimum Gasteiger partial charge on any atom is -0.406 e. The highest BCUT2D eigenvalue weighted by atomic mass is 32.2. The molecule has 2 nitrogen and oxygen atoms in total. The Morgan fingerprint density at radius 3 is 2.00 bits per heavy atom. The van der Waals surface area contributed by atoms with E-state index in [2.05, 4.69) is 16.6 Å². The summed E-state index contributed by atoms with van der Waals surface area (Å²) >= 11 is 0.694. The molecule has 30 heavy (non-hydrogen) atoms. The number of halogens is 5. The van der Waals surface area contributed by atoms with Crippen molar-refractivity contribution in [3.63, 3.8) is 0 Å². The van der Waals surface area contributed by atoms with Gasteiger partial charge in [-0.25, -0.2) is 8.78 Å². The molecule has 8 heteroatoms. The van der Waals surface area contributed by atoms with Crippen molar-refractivity contribution in [3.05, 3.63) is 83.4 Å². The second-order valence-corrected chi connectivity index (χ2v) is 6.68. The molecule has 0 fully saturated rings. The summed E-state index contributed by atoms with van der Waals surface area (Å²) in [5.41, 5.74) is 1.32. The first-order valence-electron chi connectivity index (χ1n) is 8.28. The average Bonchev–Trinajstić information content (AvgIpc) is 2.68. The lowest BCUT2D eigenvalue weighted by molar-refractivity contribution is -0.274. The fourth-order valence-corrected chi connectivity index (χ4v) is 2.88. The summed E-state index contributed by atoms with van der Waals surface area (Å²) < 4.78 is 68.6. The zero-order valence-corrected chi connectivity index (χ0v) is 15.7. The van der Waals surface area contributed by atoms with Crippen LogP contribution in [0.25, 0.3) is 11.1 Å². The molecule has 0 amide bonds. The largest absolute Gasteiger partial charge is 0.573 e. The van der Waals surface area contributed by atoms with E-state index in [0.29, 0.717) is 28.5 Å². The Hall–Kier alpha value is -3.49. The third-order valence-corrected chi connectivity index (χ3v) is 4.46. The smallest absolute Gasteiger partial charge is 0.406 e. The SMILES string of the molecule is N#CSc1ccc(-c2ccc(C#Cc3ccc(OC(F)(F)F)cc3)c(F)c2)cc1F. The summed E-state index contributed by atoms with van der Waals surface area (Å²) in [7, 11) is 0. The van der Waals surface area contributed by atoms with Crippen LogP contribution in [-0.2, 0) is 0 Å². The number of benzene rings is 3. The van der Waals surface area contributed by atoms with Crippen molar-refractivity contribution in [2.75, 3.05) is 0 Å². The van der Waals surface area contributed by atoms with Gasteiger partial charge in [0, 0.05) is 5.56 Å². The van der Waals surface area contributed by atoms with Crippen LogP contribution in [0.15, 0.2) is 65.6 Å². The third kappa shape index (κ3) is 5.53. The molecule has 3 aromatic carbocycles. The maximum absolute atomic E-state index is 14.4. The number of alkyl halides is 3. The standard InChI is InChI=1S/C22H10F5NOS/c23-19-11-16(17-7-10-21(30-13-28)20(24)12-17)6-5-15(19)4-1-14-2-8-18(9-3-14)29-22(25,26)27/h2-3,5-12H. The minimum absolute atomic E-state index is 0.0755. The fourth-order valence-electron chi connectivity index (χ4n) is 2.49. The Kier molecular flexibility index (Phi) is 6.29. The zero-order valence-electron chi connectivity index (χ0n) is 14.9. The Labute approximate surface area is 172 Å². The molecule has 0 aliphatic rings. The number of thiocyanates is 1. The van der Waals surface area contributed by atoms with Crippen molar-refractivity contribution < 1.29 is 26.7 Å². The van der Waals surface area contributed by atoms with Gasteiger partial charge in [-0.05, 0) is 71.4 Å². The molecule has 3 rings (SSSR count). The van der Waals surface area contributed by atoms with Crippen LogP contribution in [-0.4, -0.2) is 6.36 Å². The van der Waals surface area contributed by atoms with E-state index in [1.165, 1.54) is 36.4 Å². The van der Waals surface area contributed by atoms with E-state index >= 15 is 0 Å². The van der Waals surface area contributed by atoms with Crippen LogP contribution in [0.3, 0.4) is 0 Å². The number of nitrogens with zero attached hydrogens (tertiary/aromatic N) is 1. The van der Waals surface area contributed by atoms with Crippen molar-refractivity contribution in [3.8, 4) is 34.1 Å².